The van der Waals surface area contributed by atoms with Crippen LogP contribution >= 0.6 is 0 Å². The van der Waals surface area contributed by atoms with Gasteiger partial charge in [-0.05, 0) is 13.8 Å². The van der Waals surface area contributed by atoms with E-state index in [1.807, 2.05) is 0 Å². The van der Waals surface area contributed by atoms with Crippen molar-refractivity contribution < 1.29 is 17.9 Å². The fourth-order valence-electron chi connectivity index (χ4n) is 2.73. The predicted molar refractivity (Wildman–Crippen MR) is 68.0 cm³/mol. The molecule has 0 bridgehead atoms. The summed E-state index contributed by atoms with van der Waals surface area (Å²) in [6, 6.07) is 0.426. The van der Waals surface area contributed by atoms with Gasteiger partial charge in [-0.3, -0.25) is 9.69 Å². The average Bonchev–Trinajstić information content (AvgIpc) is 2.52. The van der Waals surface area contributed by atoms with E-state index < -0.39 is 15.9 Å². The number of hydrogen-bond donors (Lipinski definition) is 0. The molecule has 0 N–H and O–H groups in total. The molecular weight excluding hydrogens is 254 g/mol. The molecule has 2 aliphatic heterocycles. The van der Waals surface area contributed by atoms with Crippen molar-refractivity contribution in [2.24, 2.45) is 5.41 Å². The Hall–Kier alpha value is -0.620. The molecule has 2 aliphatic rings. The molecule has 0 radical (unpaired) electrons. The fraction of sp³-hybridized carbons (Fsp3) is 0.917. The van der Waals surface area contributed by atoms with Crippen LogP contribution < -0.4 is 0 Å². The van der Waals surface area contributed by atoms with Crippen molar-refractivity contribution in [3.8, 4) is 0 Å². The van der Waals surface area contributed by atoms with Crippen LogP contribution in [0.15, 0.2) is 0 Å². The number of ether oxygens (including phenoxy) is 1. The lowest BCUT2D eigenvalue weighted by molar-refractivity contribution is -0.141. The van der Waals surface area contributed by atoms with E-state index in [0.29, 0.717) is 12.5 Å². The molecular formula is C12H21NO4S. The highest BCUT2D eigenvalue weighted by Gasteiger charge is 2.57. The molecule has 2 fully saturated rings. The first-order chi connectivity index (χ1) is 8.28. The number of carbonyl (C=O) groups is 1. The Balaban J connectivity index is 2.08. The van der Waals surface area contributed by atoms with Crippen LogP contribution in [0.5, 0.6) is 0 Å². The summed E-state index contributed by atoms with van der Waals surface area (Å²) in [4.78, 5) is 13.7. The quantitative estimate of drug-likeness (QED) is 0.697. The highest BCUT2D eigenvalue weighted by atomic mass is 32.2. The zero-order valence-electron chi connectivity index (χ0n) is 11.2. The van der Waals surface area contributed by atoms with Crippen LogP contribution in [0.1, 0.15) is 27.2 Å². The van der Waals surface area contributed by atoms with E-state index in [2.05, 4.69) is 18.7 Å². The van der Waals surface area contributed by atoms with Crippen molar-refractivity contribution in [3.05, 3.63) is 0 Å². The van der Waals surface area contributed by atoms with Crippen molar-refractivity contribution in [3.63, 3.8) is 0 Å². The van der Waals surface area contributed by atoms with E-state index in [1.165, 1.54) is 0 Å². The van der Waals surface area contributed by atoms with Gasteiger partial charge in [0, 0.05) is 30.3 Å². The van der Waals surface area contributed by atoms with E-state index in [9.17, 15) is 13.2 Å². The largest absolute Gasteiger partial charge is 0.461 e. The van der Waals surface area contributed by atoms with Crippen LogP contribution in [-0.2, 0) is 19.4 Å². The number of carbonyl (C=O) groups excluding carboxylic acids is 1. The van der Waals surface area contributed by atoms with Gasteiger partial charge in [-0.25, -0.2) is 8.42 Å². The molecule has 0 aromatic rings. The third kappa shape index (κ3) is 2.40. The molecule has 1 unspecified atom stereocenters. The summed E-state index contributed by atoms with van der Waals surface area (Å²) in [5, 5.41) is 0. The molecule has 0 amide bonds. The van der Waals surface area contributed by atoms with Gasteiger partial charge in [0.05, 0.1) is 12.2 Å². The molecule has 18 heavy (non-hydrogen) atoms. The van der Waals surface area contributed by atoms with Gasteiger partial charge in [-0.1, -0.05) is 6.92 Å². The molecule has 0 aliphatic carbocycles. The molecule has 1 spiro atoms. The molecule has 2 rings (SSSR count). The SMILES string of the molecule is CCS(=O)(=O)CC1OC(=O)CC12CN(C(C)C)C2. The number of esters is 1. The molecule has 0 saturated carbocycles. The second kappa shape index (κ2) is 4.49. The van der Waals surface area contributed by atoms with Crippen LogP contribution in [0.4, 0.5) is 0 Å². The highest BCUT2D eigenvalue weighted by Crippen LogP contribution is 2.45. The lowest BCUT2D eigenvalue weighted by atomic mass is 9.73. The normalized spacial score (nSPS) is 27.6. The number of likely N-dealkylation sites (tertiary alicyclic amines) is 1. The fourth-order valence-corrected chi connectivity index (χ4v) is 3.85. The van der Waals surface area contributed by atoms with E-state index in [1.54, 1.807) is 6.92 Å². The zero-order chi connectivity index (χ0) is 13.6. The maximum absolute atomic E-state index is 11.7. The Labute approximate surface area is 108 Å². The van der Waals surface area contributed by atoms with Gasteiger partial charge in [0.2, 0.25) is 0 Å². The maximum atomic E-state index is 11.7. The van der Waals surface area contributed by atoms with E-state index >= 15 is 0 Å². The summed E-state index contributed by atoms with van der Waals surface area (Å²) in [6.07, 6.45) is -0.0925. The minimum atomic E-state index is -3.11. The lowest BCUT2D eigenvalue weighted by Gasteiger charge is -2.51. The maximum Gasteiger partial charge on any atom is 0.306 e. The van der Waals surface area contributed by atoms with E-state index in [4.69, 9.17) is 4.74 Å². The van der Waals surface area contributed by atoms with Gasteiger partial charge < -0.3 is 4.74 Å². The minimum absolute atomic E-state index is 0.0266. The van der Waals surface area contributed by atoms with Gasteiger partial charge in [0.1, 0.15) is 6.10 Å². The Morgan fingerprint density at radius 1 is 1.44 bits per heavy atom. The van der Waals surface area contributed by atoms with Gasteiger partial charge in [-0.15, -0.1) is 0 Å². The summed E-state index contributed by atoms with van der Waals surface area (Å²) in [5.74, 6) is -0.179. The first-order valence-electron chi connectivity index (χ1n) is 6.42. The molecule has 0 aromatic heterocycles. The number of cyclic esters (lactones) is 1. The summed E-state index contributed by atoms with van der Waals surface area (Å²) >= 11 is 0. The number of sulfone groups is 1. The Bertz CT molecular complexity index is 437. The molecule has 2 saturated heterocycles. The van der Waals surface area contributed by atoms with Crippen LogP contribution in [0.25, 0.3) is 0 Å². The molecule has 1 atom stereocenters. The Morgan fingerprint density at radius 2 is 2.06 bits per heavy atom. The number of hydrogen-bond acceptors (Lipinski definition) is 5. The second-order valence-corrected chi connectivity index (χ2v) is 8.11. The van der Waals surface area contributed by atoms with Crippen LogP contribution in [-0.4, -0.2) is 56.0 Å². The molecule has 6 heteroatoms. The van der Waals surface area contributed by atoms with Crippen LogP contribution in [0.3, 0.4) is 0 Å². The van der Waals surface area contributed by atoms with Crippen molar-refractivity contribution in [2.75, 3.05) is 24.6 Å². The van der Waals surface area contributed by atoms with Crippen molar-refractivity contribution in [1.29, 1.82) is 0 Å². The summed E-state index contributed by atoms with van der Waals surface area (Å²) in [7, 11) is -3.11. The van der Waals surface area contributed by atoms with Gasteiger partial charge in [0.25, 0.3) is 0 Å². The van der Waals surface area contributed by atoms with E-state index in [-0.39, 0.29) is 22.9 Å². The molecule has 104 valence electrons. The van der Waals surface area contributed by atoms with Crippen molar-refractivity contribution in [2.45, 2.75) is 39.3 Å². The van der Waals surface area contributed by atoms with Gasteiger partial charge in [0.15, 0.2) is 9.84 Å². The monoisotopic (exact) mass is 275 g/mol. The molecule has 0 aromatic carbocycles. The topological polar surface area (TPSA) is 63.7 Å². The van der Waals surface area contributed by atoms with Crippen LogP contribution in [0, 0.1) is 5.41 Å². The third-order valence-corrected chi connectivity index (χ3v) is 5.75. The van der Waals surface area contributed by atoms with Crippen molar-refractivity contribution in [1.82, 2.24) is 4.90 Å². The van der Waals surface area contributed by atoms with Gasteiger partial charge >= 0.3 is 5.97 Å². The number of rotatable bonds is 4. The second-order valence-electron chi connectivity index (χ2n) is 5.72. The molecule has 2 heterocycles. The van der Waals surface area contributed by atoms with Crippen molar-refractivity contribution >= 4 is 15.8 Å². The first kappa shape index (κ1) is 13.8. The predicted octanol–water partition coefficient (Wildman–Crippen LogP) is 0.447. The summed E-state index contributed by atoms with van der Waals surface area (Å²) in [6.45, 7) is 7.35. The zero-order valence-corrected chi connectivity index (χ0v) is 12.0. The minimum Gasteiger partial charge on any atom is -0.461 e. The number of nitrogens with zero attached hydrogens (tertiary/aromatic N) is 1. The van der Waals surface area contributed by atoms with Crippen LogP contribution in [0.2, 0.25) is 0 Å². The Kier molecular flexibility index (Phi) is 3.44. The average molecular weight is 275 g/mol. The van der Waals surface area contributed by atoms with Gasteiger partial charge in [-0.2, -0.15) is 0 Å². The first-order valence-corrected chi connectivity index (χ1v) is 8.24. The van der Waals surface area contributed by atoms with E-state index in [0.717, 1.165) is 13.1 Å². The summed E-state index contributed by atoms with van der Waals surface area (Å²) < 4.78 is 28.6. The highest BCUT2D eigenvalue weighted by molar-refractivity contribution is 7.91. The third-order valence-electron chi connectivity index (χ3n) is 4.06. The smallest absolute Gasteiger partial charge is 0.306 e. The lowest BCUT2D eigenvalue weighted by Crippen LogP contribution is -2.63. The Morgan fingerprint density at radius 3 is 2.56 bits per heavy atom. The standard InChI is InChI=1S/C12H21NO4S/c1-4-18(15,16)6-10-12(5-11(14)17-10)7-13(8-12)9(2)3/h9-10H,4-8H2,1-3H3. The molecule has 5 nitrogen and oxygen atoms in total. The summed E-state index contributed by atoms with van der Waals surface area (Å²) in [5.41, 5.74) is -0.260.